The molecule has 0 amide bonds. The SMILES string of the molecule is CCOc1ccc2[nH]c(=O)c([C@H](c3nnnn3C[C@@H]3CCCO3)N3CCN(Cc4ccc5c(c4)OCO5)CC3)cc2c1. The van der Waals surface area contributed by atoms with E-state index in [4.69, 9.17) is 18.9 Å². The number of aromatic amines is 1. The molecule has 0 unspecified atom stereocenters. The summed E-state index contributed by atoms with van der Waals surface area (Å²) in [5.74, 6) is 3.01. The molecule has 3 aliphatic rings. The first kappa shape index (κ1) is 26.9. The summed E-state index contributed by atoms with van der Waals surface area (Å²) in [6.45, 7) is 8.08. The van der Waals surface area contributed by atoms with E-state index < -0.39 is 6.04 Å². The number of rotatable bonds is 9. The topological polar surface area (TPSA) is 120 Å². The molecule has 12 heteroatoms. The smallest absolute Gasteiger partial charge is 0.253 e. The molecule has 2 saturated heterocycles. The number of tetrazole rings is 1. The van der Waals surface area contributed by atoms with Crippen LogP contribution in [0.25, 0.3) is 10.9 Å². The third-order valence-electron chi connectivity index (χ3n) is 8.27. The van der Waals surface area contributed by atoms with Gasteiger partial charge in [0.15, 0.2) is 17.3 Å². The van der Waals surface area contributed by atoms with E-state index in [1.54, 1.807) is 0 Å². The highest BCUT2D eigenvalue weighted by Crippen LogP contribution is 2.33. The fourth-order valence-corrected chi connectivity index (χ4v) is 6.16. The lowest BCUT2D eigenvalue weighted by atomic mass is 10.0. The average Bonchev–Trinajstić information content (AvgIpc) is 3.78. The van der Waals surface area contributed by atoms with Crippen LogP contribution >= 0.6 is 0 Å². The van der Waals surface area contributed by atoms with Crippen LogP contribution in [0, 0.1) is 0 Å². The van der Waals surface area contributed by atoms with Gasteiger partial charge < -0.3 is 23.9 Å². The van der Waals surface area contributed by atoms with E-state index in [1.807, 2.05) is 41.9 Å². The maximum absolute atomic E-state index is 13.6. The molecule has 0 radical (unpaired) electrons. The Bertz CT molecular complexity index is 1610. The van der Waals surface area contributed by atoms with Crippen molar-refractivity contribution in [3.63, 3.8) is 0 Å². The lowest BCUT2D eigenvalue weighted by molar-refractivity contribution is 0.0840. The first-order valence-electron chi connectivity index (χ1n) is 14.7. The Balaban J connectivity index is 1.18. The van der Waals surface area contributed by atoms with Crippen molar-refractivity contribution < 1.29 is 18.9 Å². The van der Waals surface area contributed by atoms with Crippen LogP contribution in [0.2, 0.25) is 0 Å². The van der Waals surface area contributed by atoms with Crippen molar-refractivity contribution >= 4 is 10.9 Å². The number of nitrogens with one attached hydrogen (secondary N) is 1. The van der Waals surface area contributed by atoms with E-state index in [9.17, 15) is 4.79 Å². The molecule has 220 valence electrons. The molecule has 0 saturated carbocycles. The zero-order valence-electron chi connectivity index (χ0n) is 23.7. The van der Waals surface area contributed by atoms with Gasteiger partial charge in [-0.1, -0.05) is 6.07 Å². The number of piperazine rings is 1. The minimum absolute atomic E-state index is 0.0649. The number of hydrogen-bond donors (Lipinski definition) is 1. The van der Waals surface area contributed by atoms with Gasteiger partial charge in [0.05, 0.1) is 19.3 Å². The molecule has 12 nitrogen and oxygen atoms in total. The number of H-pyrrole nitrogens is 1. The number of aromatic nitrogens is 5. The number of ether oxygens (including phenoxy) is 4. The van der Waals surface area contributed by atoms with Gasteiger partial charge in [0, 0.05) is 55.8 Å². The van der Waals surface area contributed by atoms with Crippen molar-refractivity contribution in [2.45, 2.75) is 45.0 Å². The Hall–Kier alpha value is -4.00. The third-order valence-corrected chi connectivity index (χ3v) is 8.27. The summed E-state index contributed by atoms with van der Waals surface area (Å²) >= 11 is 0. The highest BCUT2D eigenvalue weighted by molar-refractivity contribution is 5.80. The molecule has 0 aliphatic carbocycles. The number of nitrogens with zero attached hydrogens (tertiary/aromatic N) is 6. The quantitative estimate of drug-likeness (QED) is 0.320. The molecule has 1 N–H and O–H groups in total. The summed E-state index contributed by atoms with van der Waals surface area (Å²) in [7, 11) is 0. The highest BCUT2D eigenvalue weighted by Gasteiger charge is 2.33. The zero-order valence-corrected chi connectivity index (χ0v) is 23.7. The highest BCUT2D eigenvalue weighted by atomic mass is 16.7. The Morgan fingerprint density at radius 3 is 2.79 bits per heavy atom. The van der Waals surface area contributed by atoms with Gasteiger partial charge >= 0.3 is 0 Å². The maximum Gasteiger partial charge on any atom is 0.253 e. The molecule has 2 fully saturated rings. The van der Waals surface area contributed by atoms with Gasteiger partial charge in [-0.25, -0.2) is 4.68 Å². The van der Waals surface area contributed by atoms with Gasteiger partial charge in [-0.3, -0.25) is 14.6 Å². The van der Waals surface area contributed by atoms with Gasteiger partial charge in [-0.2, -0.15) is 0 Å². The van der Waals surface area contributed by atoms with Crippen molar-refractivity contribution in [2.24, 2.45) is 0 Å². The van der Waals surface area contributed by atoms with Crippen molar-refractivity contribution in [3.05, 3.63) is 69.8 Å². The molecule has 4 aromatic rings. The van der Waals surface area contributed by atoms with Gasteiger partial charge in [0.2, 0.25) is 6.79 Å². The van der Waals surface area contributed by atoms with Crippen LogP contribution in [-0.4, -0.2) is 87.3 Å². The first-order chi connectivity index (χ1) is 20.6. The van der Waals surface area contributed by atoms with E-state index in [-0.39, 0.29) is 18.5 Å². The number of benzene rings is 2. The second kappa shape index (κ2) is 11.7. The molecule has 3 aliphatic heterocycles. The molecule has 42 heavy (non-hydrogen) atoms. The standard InChI is InChI=1S/C30H35N7O5/c1-2-39-22-6-7-25-21(15-22)16-24(30(38)31-25)28(29-32-33-34-37(29)18-23-4-3-13-40-23)36-11-9-35(10-12-36)17-20-5-8-26-27(14-20)42-19-41-26/h5-8,14-16,23,28H,2-4,9-13,17-19H2,1H3,(H,31,38)/t23-,28+/m0/s1. The number of pyridine rings is 1. The van der Waals surface area contributed by atoms with Crippen molar-refractivity contribution in [3.8, 4) is 17.2 Å². The molecular weight excluding hydrogens is 538 g/mol. The Morgan fingerprint density at radius 1 is 1.07 bits per heavy atom. The second-order valence-electron chi connectivity index (χ2n) is 11.0. The third kappa shape index (κ3) is 5.44. The fraction of sp³-hybridized carbons (Fsp3) is 0.467. The molecule has 2 aromatic carbocycles. The predicted octanol–water partition coefficient (Wildman–Crippen LogP) is 2.73. The van der Waals surface area contributed by atoms with E-state index in [0.29, 0.717) is 24.5 Å². The summed E-state index contributed by atoms with van der Waals surface area (Å²) in [6.07, 6.45) is 2.07. The van der Waals surface area contributed by atoms with E-state index in [1.165, 1.54) is 5.56 Å². The van der Waals surface area contributed by atoms with Crippen LogP contribution in [0.4, 0.5) is 0 Å². The van der Waals surface area contributed by atoms with Crippen molar-refractivity contribution in [1.29, 1.82) is 0 Å². The Labute approximate surface area is 243 Å². The molecule has 5 heterocycles. The zero-order chi connectivity index (χ0) is 28.5. The van der Waals surface area contributed by atoms with E-state index >= 15 is 0 Å². The molecule has 0 bridgehead atoms. The first-order valence-corrected chi connectivity index (χ1v) is 14.7. The van der Waals surface area contributed by atoms with Crippen LogP contribution in [0.3, 0.4) is 0 Å². The second-order valence-corrected chi connectivity index (χ2v) is 11.0. The minimum atomic E-state index is -0.419. The molecular formula is C30H35N7O5. The van der Waals surface area contributed by atoms with Crippen LogP contribution in [0.1, 0.15) is 42.8 Å². The Kier molecular flexibility index (Phi) is 7.49. The molecule has 2 aromatic heterocycles. The van der Waals surface area contributed by atoms with Crippen LogP contribution < -0.4 is 19.8 Å². The summed E-state index contributed by atoms with van der Waals surface area (Å²) in [5, 5.41) is 13.8. The molecule has 7 rings (SSSR count). The number of fused-ring (bicyclic) bond motifs is 2. The fourth-order valence-electron chi connectivity index (χ4n) is 6.16. The Morgan fingerprint density at radius 2 is 1.95 bits per heavy atom. The van der Waals surface area contributed by atoms with Gasteiger partial charge in [0.1, 0.15) is 11.8 Å². The molecule has 0 spiro atoms. The van der Waals surface area contributed by atoms with Crippen LogP contribution in [0.15, 0.2) is 47.3 Å². The van der Waals surface area contributed by atoms with Crippen LogP contribution in [0.5, 0.6) is 17.2 Å². The number of hydrogen-bond acceptors (Lipinski definition) is 10. The monoisotopic (exact) mass is 573 g/mol. The van der Waals surface area contributed by atoms with E-state index in [2.05, 4.69) is 42.4 Å². The van der Waals surface area contributed by atoms with Gasteiger partial charge in [-0.15, -0.1) is 5.10 Å². The van der Waals surface area contributed by atoms with Crippen LogP contribution in [-0.2, 0) is 17.8 Å². The maximum atomic E-state index is 13.6. The van der Waals surface area contributed by atoms with Gasteiger partial charge in [-0.05, 0) is 72.2 Å². The minimum Gasteiger partial charge on any atom is -0.494 e. The summed E-state index contributed by atoms with van der Waals surface area (Å²) < 4.78 is 24.5. The summed E-state index contributed by atoms with van der Waals surface area (Å²) in [6, 6.07) is 13.4. The summed E-state index contributed by atoms with van der Waals surface area (Å²) in [5.41, 5.74) is 2.41. The largest absolute Gasteiger partial charge is 0.494 e. The lowest BCUT2D eigenvalue weighted by Crippen LogP contribution is -2.48. The molecule has 2 atom stereocenters. The predicted molar refractivity (Wildman–Crippen MR) is 154 cm³/mol. The summed E-state index contributed by atoms with van der Waals surface area (Å²) in [4.78, 5) is 21.5. The average molecular weight is 574 g/mol. The van der Waals surface area contributed by atoms with E-state index in [0.717, 1.165) is 80.3 Å². The van der Waals surface area contributed by atoms with Crippen molar-refractivity contribution in [2.75, 3.05) is 46.2 Å². The normalized spacial score (nSPS) is 19.9. The van der Waals surface area contributed by atoms with Gasteiger partial charge in [0.25, 0.3) is 5.56 Å². The lowest BCUT2D eigenvalue weighted by Gasteiger charge is -2.38. The van der Waals surface area contributed by atoms with Crippen molar-refractivity contribution in [1.82, 2.24) is 35.0 Å².